The van der Waals surface area contributed by atoms with E-state index >= 15 is 0 Å². The van der Waals surface area contributed by atoms with Crippen molar-refractivity contribution in [3.8, 4) is 28.5 Å². The van der Waals surface area contributed by atoms with Gasteiger partial charge in [-0.2, -0.15) is 4.99 Å². The second kappa shape index (κ2) is 9.93. The predicted octanol–water partition coefficient (Wildman–Crippen LogP) is 5.32. The number of amides is 1. The van der Waals surface area contributed by atoms with Gasteiger partial charge in [0, 0.05) is 17.5 Å². The van der Waals surface area contributed by atoms with Gasteiger partial charge in [-0.1, -0.05) is 36.4 Å². The molecule has 1 fully saturated rings. The quantitative estimate of drug-likeness (QED) is 0.365. The lowest BCUT2D eigenvalue weighted by Crippen LogP contribution is -2.29. The molecule has 2 heterocycles. The monoisotopic (exact) mass is 479 g/mol. The number of benzene rings is 2. The van der Waals surface area contributed by atoms with Crippen molar-refractivity contribution in [1.82, 2.24) is 9.88 Å². The van der Waals surface area contributed by atoms with Crippen molar-refractivity contribution in [1.29, 1.82) is 0 Å². The molecule has 1 N–H and O–H groups in total. The Bertz CT molecular complexity index is 1230. The summed E-state index contributed by atoms with van der Waals surface area (Å²) in [6.07, 6.45) is 3.37. The van der Waals surface area contributed by atoms with Crippen LogP contribution in [0.3, 0.4) is 0 Å². The molecule has 1 saturated heterocycles. The van der Waals surface area contributed by atoms with Crippen LogP contribution in [0.4, 0.5) is 5.13 Å². The first-order chi connectivity index (χ1) is 16.0. The average Bonchev–Trinajstić information content (AvgIpc) is 3.41. The number of rotatable bonds is 7. The number of thiazole rings is 1. The van der Waals surface area contributed by atoms with E-state index in [4.69, 9.17) is 9.47 Å². The third kappa shape index (κ3) is 4.79. The van der Waals surface area contributed by atoms with Gasteiger partial charge in [-0.3, -0.25) is 9.69 Å². The van der Waals surface area contributed by atoms with Gasteiger partial charge in [0.15, 0.2) is 16.7 Å². The van der Waals surface area contributed by atoms with Crippen LogP contribution in [0.5, 0.6) is 17.2 Å². The molecule has 0 aliphatic carbocycles. The van der Waals surface area contributed by atoms with Crippen LogP contribution in [0.2, 0.25) is 0 Å². The minimum Gasteiger partial charge on any atom is -0.502 e. The molecular formula is C24H21N3O4S2. The topological polar surface area (TPSA) is 84.2 Å². The predicted molar refractivity (Wildman–Crippen MR) is 133 cm³/mol. The minimum absolute atomic E-state index is 0.0962. The number of amidine groups is 1. The molecule has 7 nitrogen and oxygen atoms in total. The number of aliphatic imine (C=N–C) groups is 1. The molecule has 0 atom stereocenters. The molecule has 1 aliphatic heterocycles. The molecule has 1 aliphatic rings. The van der Waals surface area contributed by atoms with Crippen LogP contribution in [0, 0.1) is 0 Å². The fourth-order valence-electron chi connectivity index (χ4n) is 3.17. The van der Waals surface area contributed by atoms with Crippen molar-refractivity contribution in [3.63, 3.8) is 0 Å². The molecule has 0 saturated carbocycles. The largest absolute Gasteiger partial charge is 0.502 e. The van der Waals surface area contributed by atoms with Crippen LogP contribution in [-0.4, -0.2) is 46.8 Å². The van der Waals surface area contributed by atoms with Crippen molar-refractivity contribution in [2.75, 3.05) is 20.8 Å². The van der Waals surface area contributed by atoms with Gasteiger partial charge in [-0.25, -0.2) is 4.98 Å². The molecular weight excluding hydrogens is 458 g/mol. The Labute approximate surface area is 199 Å². The highest BCUT2D eigenvalue weighted by Crippen LogP contribution is 2.40. The number of methoxy groups -OCH3 is 2. The van der Waals surface area contributed by atoms with Crippen LogP contribution < -0.4 is 9.47 Å². The number of hydrogen-bond acceptors (Lipinski definition) is 8. The maximum Gasteiger partial charge on any atom is 0.267 e. The van der Waals surface area contributed by atoms with Gasteiger partial charge in [0.2, 0.25) is 10.9 Å². The third-order valence-electron chi connectivity index (χ3n) is 4.75. The lowest BCUT2D eigenvalue weighted by Gasteiger charge is -2.12. The Morgan fingerprint density at radius 1 is 1.18 bits per heavy atom. The summed E-state index contributed by atoms with van der Waals surface area (Å²) in [6, 6.07) is 13.1. The van der Waals surface area contributed by atoms with E-state index in [1.54, 1.807) is 29.2 Å². The molecule has 2 aromatic carbocycles. The maximum atomic E-state index is 13.1. The van der Waals surface area contributed by atoms with Crippen molar-refractivity contribution >= 4 is 45.4 Å². The first kappa shape index (κ1) is 22.6. The molecule has 1 amide bonds. The summed E-state index contributed by atoms with van der Waals surface area (Å²) in [5, 5.41) is 13.2. The Morgan fingerprint density at radius 2 is 1.88 bits per heavy atom. The van der Waals surface area contributed by atoms with Crippen molar-refractivity contribution < 1.29 is 19.4 Å². The van der Waals surface area contributed by atoms with E-state index in [2.05, 4.69) is 16.6 Å². The van der Waals surface area contributed by atoms with Gasteiger partial charge < -0.3 is 14.6 Å². The number of phenols is 1. The summed E-state index contributed by atoms with van der Waals surface area (Å²) >= 11 is 2.67. The summed E-state index contributed by atoms with van der Waals surface area (Å²) in [5.74, 6) is 0.222. The zero-order valence-corrected chi connectivity index (χ0v) is 19.7. The van der Waals surface area contributed by atoms with Crippen molar-refractivity contribution in [2.45, 2.75) is 0 Å². The molecule has 0 unspecified atom stereocenters. The number of aromatic hydroxyl groups is 1. The SMILES string of the molecule is C=CCN1C(=O)/C(=C/c2cc(OC)c(O)c(OC)c2)S/C1=N/c1nc(-c2ccccc2)cs1. The molecule has 1 aromatic heterocycles. The van der Waals surface area contributed by atoms with E-state index in [0.717, 1.165) is 11.3 Å². The third-order valence-corrected chi connectivity index (χ3v) is 6.49. The molecule has 33 heavy (non-hydrogen) atoms. The first-order valence-corrected chi connectivity index (χ1v) is 11.6. The Kier molecular flexibility index (Phi) is 6.81. The number of aromatic nitrogens is 1. The average molecular weight is 480 g/mol. The van der Waals surface area contributed by atoms with E-state index in [-0.39, 0.29) is 23.2 Å². The number of thioether (sulfide) groups is 1. The zero-order chi connectivity index (χ0) is 23.4. The summed E-state index contributed by atoms with van der Waals surface area (Å²) < 4.78 is 10.4. The van der Waals surface area contributed by atoms with Crippen LogP contribution >= 0.6 is 23.1 Å². The number of carbonyl (C=O) groups excluding carboxylic acids is 1. The Morgan fingerprint density at radius 3 is 2.52 bits per heavy atom. The number of carbonyl (C=O) groups is 1. The van der Waals surface area contributed by atoms with Gasteiger partial charge in [-0.15, -0.1) is 17.9 Å². The van der Waals surface area contributed by atoms with Crippen LogP contribution in [0.15, 0.2) is 70.4 Å². The van der Waals surface area contributed by atoms with Crippen molar-refractivity contribution in [2.24, 2.45) is 4.99 Å². The number of phenolic OH excluding ortho intramolecular Hbond substituents is 1. The normalized spacial score (nSPS) is 15.9. The van der Waals surface area contributed by atoms with E-state index < -0.39 is 0 Å². The standard InChI is InChI=1S/C24H21N3O4S2/c1-4-10-27-22(29)20(13-15-11-18(30-2)21(28)19(12-15)31-3)33-24(27)26-23-25-17(14-32-23)16-8-6-5-7-9-16/h4-9,11-14,28H,1,10H2,2-3H3/b20-13-,26-24+. The van der Waals surface area contributed by atoms with Crippen molar-refractivity contribution in [3.05, 3.63) is 71.0 Å². The van der Waals surface area contributed by atoms with Gasteiger partial charge in [0.1, 0.15) is 0 Å². The smallest absolute Gasteiger partial charge is 0.267 e. The van der Waals surface area contributed by atoms with E-state index in [1.807, 2.05) is 35.7 Å². The fourth-order valence-corrected chi connectivity index (χ4v) is 4.91. The fraction of sp³-hybridized carbons (Fsp3) is 0.125. The molecule has 0 bridgehead atoms. The summed E-state index contributed by atoms with van der Waals surface area (Å²) in [5.41, 5.74) is 2.50. The van der Waals surface area contributed by atoms with Crippen LogP contribution in [0.1, 0.15) is 5.56 Å². The highest BCUT2D eigenvalue weighted by atomic mass is 32.2. The second-order valence-corrected chi connectivity index (χ2v) is 8.71. The first-order valence-electron chi connectivity index (χ1n) is 9.91. The summed E-state index contributed by atoms with van der Waals surface area (Å²) in [7, 11) is 2.91. The Hall–Kier alpha value is -3.56. The lowest BCUT2D eigenvalue weighted by molar-refractivity contribution is -0.121. The van der Waals surface area contributed by atoms with Gasteiger partial charge >= 0.3 is 0 Å². The lowest BCUT2D eigenvalue weighted by atomic mass is 10.1. The maximum absolute atomic E-state index is 13.1. The second-order valence-electron chi connectivity index (χ2n) is 6.86. The number of hydrogen-bond donors (Lipinski definition) is 1. The molecule has 0 radical (unpaired) electrons. The van der Waals surface area contributed by atoms with E-state index in [9.17, 15) is 9.90 Å². The summed E-state index contributed by atoms with van der Waals surface area (Å²) in [4.78, 5) is 24.4. The van der Waals surface area contributed by atoms with Crippen LogP contribution in [-0.2, 0) is 4.79 Å². The zero-order valence-electron chi connectivity index (χ0n) is 18.0. The molecule has 168 valence electrons. The van der Waals surface area contributed by atoms with Gasteiger partial charge in [0.25, 0.3) is 5.91 Å². The molecule has 9 heteroatoms. The van der Waals surface area contributed by atoms with E-state index in [0.29, 0.717) is 27.3 Å². The summed E-state index contributed by atoms with van der Waals surface area (Å²) in [6.45, 7) is 4.08. The Balaban J connectivity index is 1.67. The highest BCUT2D eigenvalue weighted by Gasteiger charge is 2.33. The minimum atomic E-state index is -0.190. The molecule has 4 rings (SSSR count). The van der Waals surface area contributed by atoms with Gasteiger partial charge in [0.05, 0.1) is 24.8 Å². The number of ether oxygens (including phenoxy) is 2. The number of nitrogens with zero attached hydrogens (tertiary/aromatic N) is 3. The van der Waals surface area contributed by atoms with Gasteiger partial charge in [-0.05, 0) is 35.5 Å². The van der Waals surface area contributed by atoms with Crippen LogP contribution in [0.25, 0.3) is 17.3 Å². The highest BCUT2D eigenvalue weighted by molar-refractivity contribution is 8.18. The molecule has 3 aromatic rings. The molecule has 0 spiro atoms. The van der Waals surface area contributed by atoms with E-state index in [1.165, 1.54) is 37.3 Å².